The summed E-state index contributed by atoms with van der Waals surface area (Å²) in [6.07, 6.45) is -8.84. The number of halogens is 3. The van der Waals surface area contributed by atoms with Gasteiger partial charge in [-0.3, -0.25) is 19.1 Å². The van der Waals surface area contributed by atoms with Crippen LogP contribution in [0.15, 0.2) is 21.9 Å². The second-order valence-electron chi connectivity index (χ2n) is 4.75. The Morgan fingerprint density at radius 2 is 2.09 bits per heavy atom. The molecule has 0 bridgehead atoms. The maximum absolute atomic E-state index is 12.4. The highest BCUT2D eigenvalue weighted by atomic mass is 19.4. The van der Waals surface area contributed by atoms with E-state index >= 15 is 0 Å². The SMILES string of the molecule is O=C(N[C@H]1[C@@H](O)[C@H](CO)O[C@@H]1n1ccc(=O)[nH]c1=O)C(F)(F)F. The molecule has 1 amide bonds. The van der Waals surface area contributed by atoms with E-state index in [9.17, 15) is 32.7 Å². The van der Waals surface area contributed by atoms with Gasteiger partial charge in [-0.25, -0.2) is 4.79 Å². The highest BCUT2D eigenvalue weighted by Gasteiger charge is 2.49. The average molecular weight is 339 g/mol. The number of hydrogen-bond donors (Lipinski definition) is 4. The number of alkyl halides is 3. The number of H-pyrrole nitrogens is 1. The van der Waals surface area contributed by atoms with Crippen molar-refractivity contribution in [2.75, 3.05) is 6.61 Å². The minimum Gasteiger partial charge on any atom is -0.394 e. The number of aromatic amines is 1. The summed E-state index contributed by atoms with van der Waals surface area (Å²) >= 11 is 0. The second-order valence-corrected chi connectivity index (χ2v) is 4.75. The van der Waals surface area contributed by atoms with Crippen LogP contribution in [0, 0.1) is 0 Å². The lowest BCUT2D eigenvalue weighted by Crippen LogP contribution is -2.52. The number of carbonyl (C=O) groups excluding carboxylic acids is 1. The Bertz CT molecular complexity index is 699. The molecule has 128 valence electrons. The number of aliphatic hydroxyl groups excluding tert-OH is 2. The summed E-state index contributed by atoms with van der Waals surface area (Å²) in [5.41, 5.74) is -1.76. The highest BCUT2D eigenvalue weighted by Crippen LogP contribution is 2.29. The van der Waals surface area contributed by atoms with Crippen LogP contribution in [0.2, 0.25) is 0 Å². The van der Waals surface area contributed by atoms with E-state index in [1.807, 2.05) is 4.98 Å². The van der Waals surface area contributed by atoms with Crippen LogP contribution in [-0.2, 0) is 9.53 Å². The minimum atomic E-state index is -5.21. The number of nitrogens with one attached hydrogen (secondary N) is 2. The van der Waals surface area contributed by atoms with Crippen LogP contribution in [0.4, 0.5) is 13.2 Å². The molecule has 1 aromatic rings. The molecule has 1 saturated heterocycles. The normalized spacial score (nSPS) is 27.9. The monoisotopic (exact) mass is 339 g/mol. The van der Waals surface area contributed by atoms with E-state index in [2.05, 4.69) is 0 Å². The second kappa shape index (κ2) is 6.14. The van der Waals surface area contributed by atoms with Crippen LogP contribution >= 0.6 is 0 Å². The molecule has 0 saturated carbocycles. The number of aliphatic hydroxyl groups is 2. The molecule has 0 spiro atoms. The molecule has 9 nitrogen and oxygen atoms in total. The maximum Gasteiger partial charge on any atom is 0.471 e. The van der Waals surface area contributed by atoms with Gasteiger partial charge in [-0.2, -0.15) is 13.2 Å². The number of aromatic nitrogens is 2. The third kappa shape index (κ3) is 3.43. The first kappa shape index (κ1) is 17.2. The maximum atomic E-state index is 12.4. The van der Waals surface area contributed by atoms with Crippen molar-refractivity contribution >= 4 is 5.91 Å². The van der Waals surface area contributed by atoms with Gasteiger partial charge in [-0.15, -0.1) is 0 Å². The molecule has 0 aromatic carbocycles. The van der Waals surface area contributed by atoms with Gasteiger partial charge in [0.2, 0.25) is 0 Å². The number of hydrogen-bond acceptors (Lipinski definition) is 6. The lowest BCUT2D eigenvalue weighted by Gasteiger charge is -2.23. The minimum absolute atomic E-state index is 0.696. The molecule has 23 heavy (non-hydrogen) atoms. The van der Waals surface area contributed by atoms with Crippen LogP contribution in [0.1, 0.15) is 6.23 Å². The summed E-state index contributed by atoms with van der Waals surface area (Å²) in [5, 5.41) is 20.5. The number of rotatable bonds is 3. The van der Waals surface area contributed by atoms with Gasteiger partial charge in [0.25, 0.3) is 5.56 Å². The first-order chi connectivity index (χ1) is 10.6. The van der Waals surface area contributed by atoms with Crippen molar-refractivity contribution in [1.29, 1.82) is 0 Å². The van der Waals surface area contributed by atoms with Gasteiger partial charge in [0.1, 0.15) is 18.2 Å². The average Bonchev–Trinajstić information content (AvgIpc) is 2.75. The van der Waals surface area contributed by atoms with E-state index in [4.69, 9.17) is 9.84 Å². The first-order valence-electron chi connectivity index (χ1n) is 6.28. The summed E-state index contributed by atoms with van der Waals surface area (Å²) in [6, 6.07) is -0.753. The summed E-state index contributed by atoms with van der Waals surface area (Å²) in [7, 11) is 0. The van der Waals surface area contributed by atoms with E-state index in [-0.39, 0.29) is 0 Å². The van der Waals surface area contributed by atoms with Crippen LogP contribution < -0.4 is 16.6 Å². The Morgan fingerprint density at radius 3 is 2.61 bits per heavy atom. The zero-order valence-corrected chi connectivity index (χ0v) is 11.3. The summed E-state index contributed by atoms with van der Waals surface area (Å²) in [5.74, 6) is -2.34. The van der Waals surface area contributed by atoms with Gasteiger partial charge in [-0.1, -0.05) is 0 Å². The standard InChI is InChI=1S/C11H12F3N3O6/c12-11(13,14)9(21)16-6-7(20)4(3-18)23-8(6)17-2-1-5(19)15-10(17)22/h1-2,4,6-8,18,20H,3H2,(H,16,21)(H,15,19,22)/t4-,6-,7-,8-/m0/s1. The van der Waals surface area contributed by atoms with Crippen molar-refractivity contribution in [2.24, 2.45) is 0 Å². The first-order valence-corrected chi connectivity index (χ1v) is 6.28. The molecule has 0 unspecified atom stereocenters. The van der Waals surface area contributed by atoms with Gasteiger partial charge in [0.15, 0.2) is 6.23 Å². The van der Waals surface area contributed by atoms with Crippen LogP contribution in [0.5, 0.6) is 0 Å². The van der Waals surface area contributed by atoms with Crippen molar-refractivity contribution in [1.82, 2.24) is 14.9 Å². The van der Waals surface area contributed by atoms with Crippen molar-refractivity contribution in [2.45, 2.75) is 30.7 Å². The smallest absolute Gasteiger partial charge is 0.394 e. The van der Waals surface area contributed by atoms with Gasteiger partial charge in [0, 0.05) is 12.3 Å². The van der Waals surface area contributed by atoms with E-state index in [1.165, 1.54) is 5.32 Å². The number of amides is 1. The Balaban J connectivity index is 2.37. The summed E-state index contributed by atoms with van der Waals surface area (Å²) in [4.78, 5) is 35.6. The molecule has 1 aliphatic heterocycles. The predicted molar refractivity (Wildman–Crippen MR) is 66.3 cm³/mol. The fourth-order valence-electron chi connectivity index (χ4n) is 2.15. The number of ether oxygens (including phenoxy) is 1. The molecule has 2 rings (SSSR count). The molecule has 0 aliphatic carbocycles. The third-order valence-electron chi connectivity index (χ3n) is 3.23. The third-order valence-corrected chi connectivity index (χ3v) is 3.23. The molecule has 1 aliphatic rings. The van der Waals surface area contributed by atoms with Crippen molar-refractivity contribution in [3.05, 3.63) is 33.1 Å². The van der Waals surface area contributed by atoms with Crippen LogP contribution in [0.25, 0.3) is 0 Å². The lowest BCUT2D eigenvalue weighted by atomic mass is 10.1. The molecular formula is C11H12F3N3O6. The van der Waals surface area contributed by atoms with Crippen LogP contribution in [0.3, 0.4) is 0 Å². The molecule has 1 fully saturated rings. The molecule has 4 N–H and O–H groups in total. The van der Waals surface area contributed by atoms with E-state index < -0.39 is 54.4 Å². The van der Waals surface area contributed by atoms with Crippen molar-refractivity contribution in [3.8, 4) is 0 Å². The van der Waals surface area contributed by atoms with E-state index in [0.717, 1.165) is 12.3 Å². The Labute approximate surface area is 125 Å². The number of nitrogens with zero attached hydrogens (tertiary/aromatic N) is 1. The van der Waals surface area contributed by atoms with Gasteiger partial charge >= 0.3 is 17.8 Å². The fourth-order valence-corrected chi connectivity index (χ4v) is 2.15. The molecule has 4 atom stereocenters. The molecule has 2 heterocycles. The van der Waals surface area contributed by atoms with Gasteiger partial charge < -0.3 is 20.3 Å². The van der Waals surface area contributed by atoms with Gasteiger partial charge in [-0.05, 0) is 0 Å². The van der Waals surface area contributed by atoms with Crippen LogP contribution in [-0.4, -0.2) is 56.7 Å². The van der Waals surface area contributed by atoms with Crippen molar-refractivity contribution < 1.29 is 32.9 Å². The number of carbonyl (C=O) groups is 1. The molecule has 0 radical (unpaired) electrons. The zero-order chi connectivity index (χ0) is 17.4. The fraction of sp³-hybridized carbons (Fsp3) is 0.545. The molecule has 1 aromatic heterocycles. The Kier molecular flexibility index (Phi) is 4.58. The van der Waals surface area contributed by atoms with E-state index in [1.54, 1.807) is 0 Å². The zero-order valence-electron chi connectivity index (χ0n) is 11.3. The summed E-state index contributed by atoms with van der Waals surface area (Å²) in [6.45, 7) is -0.756. The van der Waals surface area contributed by atoms with Gasteiger partial charge in [0.05, 0.1) is 6.61 Å². The lowest BCUT2D eigenvalue weighted by molar-refractivity contribution is -0.175. The van der Waals surface area contributed by atoms with E-state index in [0.29, 0.717) is 4.57 Å². The Morgan fingerprint density at radius 1 is 1.43 bits per heavy atom. The quantitative estimate of drug-likeness (QED) is 0.495. The van der Waals surface area contributed by atoms with Crippen molar-refractivity contribution in [3.63, 3.8) is 0 Å². The largest absolute Gasteiger partial charge is 0.471 e. The molecule has 12 heteroatoms. The topological polar surface area (TPSA) is 134 Å². The highest BCUT2D eigenvalue weighted by molar-refractivity contribution is 5.82. The predicted octanol–water partition coefficient (Wildman–Crippen LogP) is -2.17. The molecular weight excluding hydrogens is 327 g/mol. The summed E-state index contributed by atoms with van der Waals surface area (Å²) < 4.78 is 42.9. The Hall–Kier alpha value is -2.18.